The topological polar surface area (TPSA) is 109 Å². The molecular formula is C24H18N6O3. The van der Waals surface area contributed by atoms with Gasteiger partial charge in [0.05, 0.1) is 5.69 Å². The van der Waals surface area contributed by atoms with E-state index in [0.717, 1.165) is 11.3 Å². The van der Waals surface area contributed by atoms with Gasteiger partial charge in [0.15, 0.2) is 11.9 Å². The summed E-state index contributed by atoms with van der Waals surface area (Å²) in [6, 6.07) is 22.6. The van der Waals surface area contributed by atoms with Crippen LogP contribution in [0, 0.1) is 0 Å². The number of carbonyl (C=O) groups is 1. The zero-order chi connectivity index (χ0) is 22.6. The third-order valence-corrected chi connectivity index (χ3v) is 4.82. The maximum atomic E-state index is 12.9. The minimum Gasteiger partial charge on any atom is -0.447 e. The molecule has 0 bridgehead atoms. The van der Waals surface area contributed by atoms with Crippen molar-refractivity contribution >= 4 is 5.97 Å². The molecule has 9 heteroatoms. The van der Waals surface area contributed by atoms with Crippen molar-refractivity contribution in [2.45, 2.75) is 13.0 Å². The predicted octanol–water partition coefficient (Wildman–Crippen LogP) is 4.30. The molecule has 0 radical (unpaired) electrons. The fraction of sp³-hybridized carbons (Fsp3) is 0.0833. The number of rotatable bonds is 6. The van der Waals surface area contributed by atoms with Crippen LogP contribution in [0.2, 0.25) is 0 Å². The Hall–Kier alpha value is -4.66. The van der Waals surface area contributed by atoms with Crippen LogP contribution in [-0.4, -0.2) is 35.9 Å². The van der Waals surface area contributed by atoms with Crippen molar-refractivity contribution in [3.05, 3.63) is 96.9 Å². The Bertz CT molecular complexity index is 1310. The first-order chi connectivity index (χ1) is 16.2. The lowest BCUT2D eigenvalue weighted by Gasteiger charge is -2.06. The highest BCUT2D eigenvalue weighted by Gasteiger charge is 2.25. The largest absolute Gasteiger partial charge is 0.447 e. The van der Waals surface area contributed by atoms with Crippen molar-refractivity contribution in [1.29, 1.82) is 0 Å². The molecule has 5 rings (SSSR count). The number of carbonyl (C=O) groups excluding carboxylic acids is 1. The molecule has 0 spiro atoms. The Labute approximate surface area is 188 Å². The number of esters is 1. The quantitative estimate of drug-likeness (QED) is 0.361. The summed E-state index contributed by atoms with van der Waals surface area (Å²) >= 11 is 0. The second-order valence-corrected chi connectivity index (χ2v) is 7.12. The van der Waals surface area contributed by atoms with Gasteiger partial charge < -0.3 is 9.26 Å². The van der Waals surface area contributed by atoms with Crippen molar-refractivity contribution in [2.75, 3.05) is 0 Å². The third-order valence-electron chi connectivity index (χ3n) is 4.82. The Morgan fingerprint density at radius 3 is 2.39 bits per heavy atom. The molecule has 1 atom stereocenters. The van der Waals surface area contributed by atoms with Crippen LogP contribution in [0.5, 0.6) is 0 Å². The smallest absolute Gasteiger partial charge is 0.379 e. The number of para-hydroxylation sites is 1. The molecule has 5 aromatic rings. The highest BCUT2D eigenvalue weighted by Crippen LogP contribution is 2.23. The highest BCUT2D eigenvalue weighted by molar-refractivity contribution is 5.86. The van der Waals surface area contributed by atoms with Gasteiger partial charge in [0.1, 0.15) is 0 Å². The van der Waals surface area contributed by atoms with Gasteiger partial charge >= 0.3 is 5.97 Å². The first kappa shape index (κ1) is 20.3. The second kappa shape index (κ2) is 8.83. The molecular weight excluding hydrogens is 420 g/mol. The van der Waals surface area contributed by atoms with Crippen LogP contribution in [0.3, 0.4) is 0 Å². The van der Waals surface area contributed by atoms with Crippen LogP contribution in [0.25, 0.3) is 28.5 Å². The van der Waals surface area contributed by atoms with Crippen LogP contribution in [0.4, 0.5) is 0 Å². The van der Waals surface area contributed by atoms with E-state index in [1.165, 1.54) is 0 Å². The van der Waals surface area contributed by atoms with Gasteiger partial charge in [-0.3, -0.25) is 4.98 Å². The fourth-order valence-electron chi connectivity index (χ4n) is 3.20. The van der Waals surface area contributed by atoms with E-state index >= 15 is 0 Å². The number of benzene rings is 2. The molecule has 0 saturated carbocycles. The van der Waals surface area contributed by atoms with Gasteiger partial charge in [-0.05, 0) is 31.2 Å². The number of hydrogen-bond donors (Lipinski definition) is 0. The number of hydrogen-bond acceptors (Lipinski definition) is 8. The van der Waals surface area contributed by atoms with Crippen molar-refractivity contribution in [3.63, 3.8) is 0 Å². The van der Waals surface area contributed by atoms with Crippen LogP contribution in [0.15, 0.2) is 89.7 Å². The summed E-state index contributed by atoms with van der Waals surface area (Å²) in [6.45, 7) is 1.64. The van der Waals surface area contributed by atoms with Crippen LogP contribution < -0.4 is 0 Å². The lowest BCUT2D eigenvalue weighted by Crippen LogP contribution is -2.11. The Morgan fingerprint density at radius 1 is 0.939 bits per heavy atom. The molecule has 0 aliphatic heterocycles. The van der Waals surface area contributed by atoms with Gasteiger partial charge in [0.25, 0.3) is 11.7 Å². The van der Waals surface area contributed by atoms with Gasteiger partial charge in [-0.15, -0.1) is 5.10 Å². The summed E-state index contributed by atoms with van der Waals surface area (Å²) in [5.74, 6) is 0.275. The van der Waals surface area contributed by atoms with Crippen molar-refractivity contribution in [3.8, 4) is 28.5 Å². The van der Waals surface area contributed by atoms with E-state index in [4.69, 9.17) is 9.26 Å². The standard InChI is InChI=1S/C24H18N6O3/c1-16(23-27-20(29-33-23)18-11-8-14-25-15-18)32-24(31)21-26-22(17-9-4-2-5-10-17)30(28-21)19-12-6-3-7-13-19/h2-16H,1H3. The number of ether oxygens (including phenoxy) is 1. The molecule has 0 aliphatic carbocycles. The monoisotopic (exact) mass is 438 g/mol. The molecule has 0 fully saturated rings. The molecule has 162 valence electrons. The molecule has 0 amide bonds. The lowest BCUT2D eigenvalue weighted by molar-refractivity contribution is 0.0251. The van der Waals surface area contributed by atoms with Crippen molar-refractivity contribution < 1.29 is 14.1 Å². The maximum Gasteiger partial charge on any atom is 0.379 e. The van der Waals surface area contributed by atoms with Gasteiger partial charge in [-0.1, -0.05) is 53.7 Å². The van der Waals surface area contributed by atoms with E-state index in [1.807, 2.05) is 66.7 Å². The van der Waals surface area contributed by atoms with Crippen LogP contribution in [-0.2, 0) is 4.74 Å². The van der Waals surface area contributed by atoms with Crippen LogP contribution in [0.1, 0.15) is 29.5 Å². The first-order valence-corrected chi connectivity index (χ1v) is 10.2. The van der Waals surface area contributed by atoms with E-state index in [-0.39, 0.29) is 11.7 Å². The van der Waals surface area contributed by atoms with Crippen molar-refractivity contribution in [1.82, 2.24) is 29.9 Å². The molecule has 33 heavy (non-hydrogen) atoms. The summed E-state index contributed by atoms with van der Waals surface area (Å²) in [4.78, 5) is 25.7. The molecule has 3 aromatic heterocycles. The summed E-state index contributed by atoms with van der Waals surface area (Å²) in [6.07, 6.45) is 2.48. The summed E-state index contributed by atoms with van der Waals surface area (Å²) in [5, 5.41) is 8.34. The summed E-state index contributed by atoms with van der Waals surface area (Å²) in [5.41, 5.74) is 2.29. The molecule has 0 N–H and O–H groups in total. The van der Waals surface area contributed by atoms with E-state index in [1.54, 1.807) is 30.1 Å². The number of nitrogens with zero attached hydrogens (tertiary/aromatic N) is 6. The average molecular weight is 438 g/mol. The van der Waals surface area contributed by atoms with Gasteiger partial charge in [-0.25, -0.2) is 14.5 Å². The zero-order valence-corrected chi connectivity index (χ0v) is 17.6. The Kier molecular flexibility index (Phi) is 5.42. The maximum absolute atomic E-state index is 12.9. The molecule has 9 nitrogen and oxygen atoms in total. The van der Waals surface area contributed by atoms with Gasteiger partial charge in [0, 0.05) is 23.5 Å². The van der Waals surface area contributed by atoms with Crippen molar-refractivity contribution in [2.24, 2.45) is 0 Å². The van der Waals surface area contributed by atoms with Crippen LogP contribution >= 0.6 is 0 Å². The molecule has 3 heterocycles. The predicted molar refractivity (Wildman–Crippen MR) is 118 cm³/mol. The highest BCUT2D eigenvalue weighted by atomic mass is 16.6. The molecule has 1 unspecified atom stereocenters. The van der Waals surface area contributed by atoms with Gasteiger partial charge in [-0.2, -0.15) is 4.98 Å². The number of aromatic nitrogens is 6. The van der Waals surface area contributed by atoms with E-state index in [2.05, 4.69) is 25.2 Å². The second-order valence-electron chi connectivity index (χ2n) is 7.12. The normalized spacial score (nSPS) is 11.8. The lowest BCUT2D eigenvalue weighted by atomic mass is 10.2. The van der Waals surface area contributed by atoms with Gasteiger partial charge in [0.2, 0.25) is 5.82 Å². The third kappa shape index (κ3) is 4.24. The van der Waals surface area contributed by atoms with E-state index in [0.29, 0.717) is 17.2 Å². The SMILES string of the molecule is CC(OC(=O)c1nc(-c2ccccc2)n(-c2ccccc2)n1)c1nc(-c2cccnc2)no1. The number of pyridine rings is 1. The van der Waals surface area contributed by atoms with E-state index < -0.39 is 12.1 Å². The first-order valence-electron chi connectivity index (χ1n) is 10.2. The van der Waals surface area contributed by atoms with E-state index in [9.17, 15) is 4.79 Å². The minimum atomic E-state index is -0.792. The molecule has 0 saturated heterocycles. The average Bonchev–Trinajstić information content (AvgIpc) is 3.54. The summed E-state index contributed by atoms with van der Waals surface area (Å²) < 4.78 is 12.4. The Balaban J connectivity index is 1.41. The molecule has 0 aliphatic rings. The Morgan fingerprint density at radius 2 is 1.67 bits per heavy atom. The minimum absolute atomic E-state index is 0.0726. The fourth-order valence-corrected chi connectivity index (χ4v) is 3.20. The zero-order valence-electron chi connectivity index (χ0n) is 17.6. The summed E-state index contributed by atoms with van der Waals surface area (Å²) in [7, 11) is 0. The molecule has 2 aromatic carbocycles.